The maximum absolute atomic E-state index is 12.7. The molecule has 1 fully saturated rings. The van der Waals surface area contributed by atoms with Crippen LogP contribution in [0.3, 0.4) is 0 Å². The SMILES string of the molecule is Cc1cc(F)ccc1C(O)C1CC1. The standard InChI is InChI=1S/C11H13FO/c1-7-6-9(12)4-5-10(7)11(13)8-2-3-8/h4-6,8,11,13H,2-3H2,1H3. The van der Waals surface area contributed by atoms with Crippen molar-refractivity contribution in [2.75, 3.05) is 0 Å². The number of hydrogen-bond acceptors (Lipinski definition) is 1. The number of benzene rings is 1. The molecule has 70 valence electrons. The minimum atomic E-state index is -0.388. The average molecular weight is 180 g/mol. The van der Waals surface area contributed by atoms with E-state index in [0.29, 0.717) is 5.92 Å². The molecule has 0 amide bonds. The molecular weight excluding hydrogens is 167 g/mol. The lowest BCUT2D eigenvalue weighted by Gasteiger charge is -2.12. The van der Waals surface area contributed by atoms with E-state index in [2.05, 4.69) is 0 Å². The molecule has 1 aliphatic carbocycles. The van der Waals surface area contributed by atoms with Crippen LogP contribution < -0.4 is 0 Å². The summed E-state index contributed by atoms with van der Waals surface area (Å²) in [6, 6.07) is 4.57. The molecule has 2 rings (SSSR count). The number of aryl methyl sites for hydroxylation is 1. The van der Waals surface area contributed by atoms with Gasteiger partial charge in [-0.05, 0) is 48.9 Å². The lowest BCUT2D eigenvalue weighted by Crippen LogP contribution is -2.02. The maximum atomic E-state index is 12.7. The zero-order chi connectivity index (χ0) is 9.42. The predicted molar refractivity (Wildman–Crippen MR) is 48.8 cm³/mol. The van der Waals surface area contributed by atoms with Crippen molar-refractivity contribution in [1.29, 1.82) is 0 Å². The topological polar surface area (TPSA) is 20.2 Å². The van der Waals surface area contributed by atoms with Crippen LogP contribution in [-0.4, -0.2) is 5.11 Å². The monoisotopic (exact) mass is 180 g/mol. The molecule has 0 heterocycles. The van der Waals surface area contributed by atoms with Gasteiger partial charge >= 0.3 is 0 Å². The van der Waals surface area contributed by atoms with E-state index in [1.165, 1.54) is 12.1 Å². The highest BCUT2D eigenvalue weighted by atomic mass is 19.1. The Kier molecular flexibility index (Phi) is 2.08. The molecule has 0 radical (unpaired) electrons. The number of aliphatic hydroxyl groups excluding tert-OH is 1. The van der Waals surface area contributed by atoms with Crippen molar-refractivity contribution in [2.45, 2.75) is 25.9 Å². The van der Waals surface area contributed by atoms with Crippen molar-refractivity contribution in [3.63, 3.8) is 0 Å². The molecule has 1 atom stereocenters. The van der Waals surface area contributed by atoms with Crippen LogP contribution in [0.4, 0.5) is 4.39 Å². The lowest BCUT2D eigenvalue weighted by atomic mass is 10.0. The number of rotatable bonds is 2. The third-order valence-electron chi connectivity index (χ3n) is 2.62. The number of halogens is 1. The fourth-order valence-electron chi connectivity index (χ4n) is 1.64. The molecule has 1 nitrogen and oxygen atoms in total. The Morgan fingerprint density at radius 1 is 1.46 bits per heavy atom. The predicted octanol–water partition coefficient (Wildman–Crippen LogP) is 2.58. The quantitative estimate of drug-likeness (QED) is 0.741. The summed E-state index contributed by atoms with van der Waals surface area (Å²) in [5.41, 5.74) is 1.73. The highest BCUT2D eigenvalue weighted by molar-refractivity contribution is 5.29. The number of hydrogen-bond donors (Lipinski definition) is 1. The van der Waals surface area contributed by atoms with Crippen molar-refractivity contribution in [3.8, 4) is 0 Å². The summed E-state index contributed by atoms with van der Waals surface area (Å²) in [4.78, 5) is 0. The normalized spacial score (nSPS) is 18.7. The van der Waals surface area contributed by atoms with Crippen molar-refractivity contribution >= 4 is 0 Å². The Hall–Kier alpha value is -0.890. The van der Waals surface area contributed by atoms with Gasteiger partial charge in [-0.15, -0.1) is 0 Å². The molecule has 1 aromatic rings. The van der Waals surface area contributed by atoms with Crippen LogP contribution in [0, 0.1) is 18.7 Å². The molecule has 2 heteroatoms. The Morgan fingerprint density at radius 2 is 2.15 bits per heavy atom. The smallest absolute Gasteiger partial charge is 0.123 e. The molecular formula is C11H13FO. The first kappa shape index (κ1) is 8.70. The fourth-order valence-corrected chi connectivity index (χ4v) is 1.64. The van der Waals surface area contributed by atoms with Crippen LogP contribution in [-0.2, 0) is 0 Å². The zero-order valence-corrected chi connectivity index (χ0v) is 7.63. The molecule has 1 aliphatic rings. The van der Waals surface area contributed by atoms with Gasteiger partial charge in [-0.1, -0.05) is 6.07 Å². The van der Waals surface area contributed by atoms with Gasteiger partial charge in [0.25, 0.3) is 0 Å². The first-order valence-electron chi connectivity index (χ1n) is 4.62. The third-order valence-corrected chi connectivity index (χ3v) is 2.62. The second-order valence-electron chi connectivity index (χ2n) is 3.78. The minimum absolute atomic E-state index is 0.232. The maximum Gasteiger partial charge on any atom is 0.123 e. The van der Waals surface area contributed by atoms with E-state index in [4.69, 9.17) is 0 Å². The summed E-state index contributed by atoms with van der Waals surface area (Å²) >= 11 is 0. The van der Waals surface area contributed by atoms with Crippen molar-refractivity contribution in [1.82, 2.24) is 0 Å². The van der Waals surface area contributed by atoms with E-state index in [-0.39, 0.29) is 11.9 Å². The van der Waals surface area contributed by atoms with E-state index in [0.717, 1.165) is 24.0 Å². The van der Waals surface area contributed by atoms with Crippen LogP contribution in [0.5, 0.6) is 0 Å². The zero-order valence-electron chi connectivity index (χ0n) is 7.63. The Balaban J connectivity index is 2.28. The Bertz CT molecular complexity index is 318. The van der Waals surface area contributed by atoms with Gasteiger partial charge in [0.15, 0.2) is 0 Å². The molecule has 1 unspecified atom stereocenters. The summed E-state index contributed by atoms with van der Waals surface area (Å²) in [7, 11) is 0. The Labute approximate surface area is 77.2 Å². The fraction of sp³-hybridized carbons (Fsp3) is 0.455. The molecule has 1 aromatic carbocycles. The van der Waals surface area contributed by atoms with Crippen molar-refractivity contribution in [2.24, 2.45) is 5.92 Å². The van der Waals surface area contributed by atoms with Crippen molar-refractivity contribution < 1.29 is 9.50 Å². The van der Waals surface area contributed by atoms with E-state index in [1.54, 1.807) is 6.07 Å². The first-order chi connectivity index (χ1) is 6.18. The van der Waals surface area contributed by atoms with Gasteiger partial charge in [-0.2, -0.15) is 0 Å². The van der Waals surface area contributed by atoms with Gasteiger partial charge < -0.3 is 5.11 Å². The van der Waals surface area contributed by atoms with Crippen molar-refractivity contribution in [3.05, 3.63) is 35.1 Å². The summed E-state index contributed by atoms with van der Waals surface area (Å²) in [6.45, 7) is 1.84. The summed E-state index contributed by atoms with van der Waals surface area (Å²) in [5.74, 6) is 0.174. The summed E-state index contributed by atoms with van der Waals surface area (Å²) < 4.78 is 12.7. The van der Waals surface area contributed by atoms with Crippen LogP contribution >= 0.6 is 0 Å². The molecule has 1 N–H and O–H groups in total. The molecule has 1 saturated carbocycles. The van der Waals surface area contributed by atoms with E-state index in [1.807, 2.05) is 6.92 Å². The highest BCUT2D eigenvalue weighted by Gasteiger charge is 2.31. The Morgan fingerprint density at radius 3 is 2.69 bits per heavy atom. The largest absolute Gasteiger partial charge is 0.388 e. The van der Waals surface area contributed by atoms with Crippen LogP contribution in [0.15, 0.2) is 18.2 Å². The second kappa shape index (κ2) is 3.11. The summed E-state index contributed by atoms with van der Waals surface area (Å²) in [5, 5.41) is 9.81. The van der Waals surface area contributed by atoms with Gasteiger partial charge in [0, 0.05) is 0 Å². The molecule has 0 aromatic heterocycles. The highest BCUT2D eigenvalue weighted by Crippen LogP contribution is 2.41. The van der Waals surface area contributed by atoms with Crippen LogP contribution in [0.25, 0.3) is 0 Å². The van der Waals surface area contributed by atoms with E-state index >= 15 is 0 Å². The van der Waals surface area contributed by atoms with Gasteiger partial charge in [-0.25, -0.2) is 4.39 Å². The van der Waals surface area contributed by atoms with Gasteiger partial charge in [-0.3, -0.25) is 0 Å². The second-order valence-corrected chi connectivity index (χ2v) is 3.78. The van der Waals surface area contributed by atoms with Gasteiger partial charge in [0.05, 0.1) is 6.10 Å². The van der Waals surface area contributed by atoms with Crippen LogP contribution in [0.1, 0.15) is 30.1 Å². The first-order valence-corrected chi connectivity index (χ1v) is 4.62. The minimum Gasteiger partial charge on any atom is -0.388 e. The molecule has 13 heavy (non-hydrogen) atoms. The molecule has 0 aliphatic heterocycles. The molecule has 0 bridgehead atoms. The van der Waals surface area contributed by atoms with E-state index < -0.39 is 0 Å². The molecule has 0 spiro atoms. The average Bonchev–Trinajstić information content (AvgIpc) is 2.85. The van der Waals surface area contributed by atoms with Gasteiger partial charge in [0.2, 0.25) is 0 Å². The lowest BCUT2D eigenvalue weighted by molar-refractivity contribution is 0.153. The van der Waals surface area contributed by atoms with E-state index in [9.17, 15) is 9.50 Å². The number of aliphatic hydroxyl groups is 1. The van der Waals surface area contributed by atoms with Gasteiger partial charge in [0.1, 0.15) is 5.82 Å². The third kappa shape index (κ3) is 1.73. The molecule has 0 saturated heterocycles. The van der Waals surface area contributed by atoms with Crippen LogP contribution in [0.2, 0.25) is 0 Å². The summed E-state index contributed by atoms with van der Waals surface area (Å²) in [6.07, 6.45) is 1.80.